The Kier molecular flexibility index (Phi) is 2.59. The molecule has 0 aromatic carbocycles. The number of piperidine rings is 1. The van der Waals surface area contributed by atoms with Gasteiger partial charge in [0.05, 0.1) is 5.69 Å². The van der Waals surface area contributed by atoms with Crippen LogP contribution in [0, 0.1) is 13.8 Å². The first-order chi connectivity index (χ1) is 6.70. The summed E-state index contributed by atoms with van der Waals surface area (Å²) in [5.41, 5.74) is 4.02. The Morgan fingerprint density at radius 1 is 1.29 bits per heavy atom. The Balaban J connectivity index is 2.29. The van der Waals surface area contributed by atoms with Crippen molar-refractivity contribution in [3.05, 3.63) is 17.0 Å². The first-order valence-electron chi connectivity index (χ1n) is 5.41. The molecule has 2 heterocycles. The molecule has 1 fully saturated rings. The standard InChI is InChI=1S/C11H19N3/c1-8-9(2)13-14(3)11(8)10-4-6-12-7-5-10/h10,12H,4-7H2,1-3H3. The maximum atomic E-state index is 4.48. The summed E-state index contributed by atoms with van der Waals surface area (Å²) in [4.78, 5) is 0. The molecule has 1 aliphatic heterocycles. The van der Waals surface area contributed by atoms with Crippen LogP contribution in [0.25, 0.3) is 0 Å². The average molecular weight is 193 g/mol. The van der Waals surface area contributed by atoms with Crippen molar-refractivity contribution in [3.63, 3.8) is 0 Å². The second kappa shape index (κ2) is 3.73. The first-order valence-corrected chi connectivity index (χ1v) is 5.41. The molecular formula is C11H19N3. The predicted molar refractivity (Wildman–Crippen MR) is 57.5 cm³/mol. The quantitative estimate of drug-likeness (QED) is 0.732. The predicted octanol–water partition coefficient (Wildman–Crippen LogP) is 1.50. The third-order valence-corrected chi connectivity index (χ3v) is 3.30. The van der Waals surface area contributed by atoms with E-state index in [4.69, 9.17) is 0 Å². The molecule has 3 nitrogen and oxygen atoms in total. The number of rotatable bonds is 1. The first kappa shape index (κ1) is 9.71. The molecule has 0 spiro atoms. The molecule has 0 aliphatic carbocycles. The van der Waals surface area contributed by atoms with Gasteiger partial charge in [-0.15, -0.1) is 0 Å². The fourth-order valence-electron chi connectivity index (χ4n) is 2.45. The number of aromatic nitrogens is 2. The molecule has 0 bridgehead atoms. The van der Waals surface area contributed by atoms with Gasteiger partial charge in [-0.05, 0) is 45.3 Å². The van der Waals surface area contributed by atoms with Crippen molar-refractivity contribution in [1.29, 1.82) is 0 Å². The maximum Gasteiger partial charge on any atom is 0.0625 e. The van der Waals surface area contributed by atoms with E-state index < -0.39 is 0 Å². The van der Waals surface area contributed by atoms with E-state index in [1.54, 1.807) is 0 Å². The second-order valence-corrected chi connectivity index (χ2v) is 4.24. The van der Waals surface area contributed by atoms with E-state index in [-0.39, 0.29) is 0 Å². The van der Waals surface area contributed by atoms with Crippen molar-refractivity contribution >= 4 is 0 Å². The third kappa shape index (κ3) is 1.57. The molecule has 1 saturated heterocycles. The van der Waals surface area contributed by atoms with Gasteiger partial charge in [-0.1, -0.05) is 0 Å². The zero-order valence-electron chi connectivity index (χ0n) is 9.30. The Labute approximate surface area is 85.5 Å². The molecule has 1 aromatic heterocycles. The van der Waals surface area contributed by atoms with Crippen molar-refractivity contribution in [2.24, 2.45) is 7.05 Å². The molecule has 78 valence electrons. The molecule has 14 heavy (non-hydrogen) atoms. The Morgan fingerprint density at radius 3 is 2.43 bits per heavy atom. The van der Waals surface area contributed by atoms with Gasteiger partial charge in [-0.25, -0.2) is 0 Å². The van der Waals surface area contributed by atoms with Crippen LogP contribution in [0.15, 0.2) is 0 Å². The molecule has 3 heteroatoms. The number of nitrogens with one attached hydrogen (secondary N) is 1. The van der Waals surface area contributed by atoms with Crippen LogP contribution in [0.3, 0.4) is 0 Å². The SMILES string of the molecule is Cc1nn(C)c(C2CCNCC2)c1C. The average Bonchev–Trinajstić information content (AvgIpc) is 2.43. The smallest absolute Gasteiger partial charge is 0.0625 e. The number of aryl methyl sites for hydroxylation is 2. The van der Waals surface area contributed by atoms with Crippen molar-refractivity contribution < 1.29 is 0 Å². The van der Waals surface area contributed by atoms with Gasteiger partial charge in [0.2, 0.25) is 0 Å². The van der Waals surface area contributed by atoms with Crippen molar-refractivity contribution in [2.45, 2.75) is 32.6 Å². The van der Waals surface area contributed by atoms with Crippen LogP contribution >= 0.6 is 0 Å². The molecule has 1 aromatic rings. The largest absolute Gasteiger partial charge is 0.317 e. The molecule has 0 atom stereocenters. The van der Waals surface area contributed by atoms with Crippen LogP contribution < -0.4 is 5.32 Å². The minimum absolute atomic E-state index is 0.711. The Bertz CT molecular complexity index is 322. The minimum atomic E-state index is 0.711. The summed E-state index contributed by atoms with van der Waals surface area (Å²) < 4.78 is 2.07. The van der Waals surface area contributed by atoms with E-state index in [0.717, 1.165) is 13.1 Å². The van der Waals surface area contributed by atoms with Gasteiger partial charge in [0.15, 0.2) is 0 Å². The highest BCUT2D eigenvalue weighted by Gasteiger charge is 2.21. The van der Waals surface area contributed by atoms with E-state index in [2.05, 4.69) is 36.0 Å². The van der Waals surface area contributed by atoms with Crippen LogP contribution in [-0.2, 0) is 7.05 Å². The van der Waals surface area contributed by atoms with E-state index >= 15 is 0 Å². The minimum Gasteiger partial charge on any atom is -0.317 e. The van der Waals surface area contributed by atoms with Gasteiger partial charge < -0.3 is 5.32 Å². The molecule has 0 amide bonds. The lowest BCUT2D eigenvalue weighted by Crippen LogP contribution is -2.27. The third-order valence-electron chi connectivity index (χ3n) is 3.30. The summed E-state index contributed by atoms with van der Waals surface area (Å²) in [6.07, 6.45) is 2.50. The molecule has 0 unspecified atom stereocenters. The zero-order chi connectivity index (χ0) is 10.1. The molecule has 1 aliphatic rings. The van der Waals surface area contributed by atoms with Gasteiger partial charge in [-0.3, -0.25) is 4.68 Å². The maximum absolute atomic E-state index is 4.48. The molecular weight excluding hydrogens is 174 g/mol. The topological polar surface area (TPSA) is 29.9 Å². The zero-order valence-corrected chi connectivity index (χ0v) is 9.30. The summed E-state index contributed by atoms with van der Waals surface area (Å²) >= 11 is 0. The van der Waals surface area contributed by atoms with Crippen LogP contribution in [0.4, 0.5) is 0 Å². The lowest BCUT2D eigenvalue weighted by molar-refractivity contribution is 0.438. The fraction of sp³-hybridized carbons (Fsp3) is 0.727. The second-order valence-electron chi connectivity index (χ2n) is 4.24. The van der Waals surface area contributed by atoms with Gasteiger partial charge >= 0.3 is 0 Å². The summed E-state index contributed by atoms with van der Waals surface area (Å²) in [6, 6.07) is 0. The summed E-state index contributed by atoms with van der Waals surface area (Å²) in [5.74, 6) is 0.711. The molecule has 2 rings (SSSR count). The van der Waals surface area contributed by atoms with Gasteiger partial charge in [-0.2, -0.15) is 5.10 Å². The number of hydrogen-bond acceptors (Lipinski definition) is 2. The highest BCUT2D eigenvalue weighted by atomic mass is 15.3. The lowest BCUT2D eigenvalue weighted by Gasteiger charge is -2.23. The van der Waals surface area contributed by atoms with Crippen LogP contribution in [0.5, 0.6) is 0 Å². The van der Waals surface area contributed by atoms with Gasteiger partial charge in [0.25, 0.3) is 0 Å². The number of hydrogen-bond donors (Lipinski definition) is 1. The van der Waals surface area contributed by atoms with Gasteiger partial charge in [0, 0.05) is 18.7 Å². The molecule has 0 radical (unpaired) electrons. The molecule has 0 saturated carbocycles. The fourth-order valence-corrected chi connectivity index (χ4v) is 2.45. The lowest BCUT2D eigenvalue weighted by atomic mass is 9.92. The highest BCUT2D eigenvalue weighted by Crippen LogP contribution is 2.28. The van der Waals surface area contributed by atoms with E-state index in [1.807, 2.05) is 0 Å². The van der Waals surface area contributed by atoms with Gasteiger partial charge in [0.1, 0.15) is 0 Å². The Morgan fingerprint density at radius 2 is 1.93 bits per heavy atom. The normalized spacial score (nSPS) is 18.8. The summed E-state index contributed by atoms with van der Waals surface area (Å²) in [6.45, 7) is 6.59. The summed E-state index contributed by atoms with van der Waals surface area (Å²) in [5, 5.41) is 7.88. The highest BCUT2D eigenvalue weighted by molar-refractivity contribution is 5.27. The van der Waals surface area contributed by atoms with Crippen molar-refractivity contribution in [3.8, 4) is 0 Å². The van der Waals surface area contributed by atoms with Crippen LogP contribution in [0.1, 0.15) is 35.7 Å². The summed E-state index contributed by atoms with van der Waals surface area (Å²) in [7, 11) is 2.07. The monoisotopic (exact) mass is 193 g/mol. The van der Waals surface area contributed by atoms with E-state index in [0.29, 0.717) is 5.92 Å². The van der Waals surface area contributed by atoms with Crippen LogP contribution in [-0.4, -0.2) is 22.9 Å². The van der Waals surface area contributed by atoms with Crippen LogP contribution in [0.2, 0.25) is 0 Å². The van der Waals surface area contributed by atoms with Crippen molar-refractivity contribution in [2.75, 3.05) is 13.1 Å². The number of nitrogens with zero attached hydrogens (tertiary/aromatic N) is 2. The van der Waals surface area contributed by atoms with Crippen molar-refractivity contribution in [1.82, 2.24) is 15.1 Å². The Hall–Kier alpha value is -0.830. The van der Waals surface area contributed by atoms with E-state index in [1.165, 1.54) is 29.8 Å². The van der Waals surface area contributed by atoms with E-state index in [9.17, 15) is 0 Å². The molecule has 1 N–H and O–H groups in total.